The number of benzene rings is 1. The predicted octanol–water partition coefficient (Wildman–Crippen LogP) is 2.41. The molecular formula is C7H10BrO2P. The molecule has 0 aliphatic rings. The van der Waals surface area contributed by atoms with Gasteiger partial charge in [-0.1, -0.05) is 18.2 Å². The van der Waals surface area contributed by atoms with Gasteiger partial charge < -0.3 is 9.26 Å². The largest absolute Gasteiger partial charge is 0.467 e. The van der Waals surface area contributed by atoms with Crippen molar-refractivity contribution in [2.45, 2.75) is 0 Å². The van der Waals surface area contributed by atoms with Crippen LogP contribution < -0.4 is 4.74 Å². The first-order chi connectivity index (χ1) is 4.93. The summed E-state index contributed by atoms with van der Waals surface area (Å²) in [6.07, 6.45) is 0. The molecule has 0 fully saturated rings. The van der Waals surface area contributed by atoms with Crippen LogP contribution in [0.2, 0.25) is 0 Å². The Morgan fingerprint density at radius 2 is 1.82 bits per heavy atom. The molecule has 1 rings (SSSR count). The Bertz CT molecular complexity index is 181. The predicted molar refractivity (Wildman–Crippen MR) is 53.1 cm³/mol. The molecule has 0 amide bonds. The summed E-state index contributed by atoms with van der Waals surface area (Å²) in [5, 5.41) is 0. The zero-order valence-electron chi connectivity index (χ0n) is 5.90. The van der Waals surface area contributed by atoms with Crippen molar-refractivity contribution in [3.63, 3.8) is 0 Å². The van der Waals surface area contributed by atoms with Crippen molar-refractivity contribution in [3.8, 4) is 5.75 Å². The summed E-state index contributed by atoms with van der Waals surface area (Å²) in [7, 11) is 2.13. The van der Waals surface area contributed by atoms with Gasteiger partial charge in [0.25, 0.3) is 0 Å². The molecule has 0 heterocycles. The SMILES string of the molecule is Br.POCOc1ccccc1. The van der Waals surface area contributed by atoms with E-state index in [1.54, 1.807) is 0 Å². The van der Waals surface area contributed by atoms with E-state index in [0.717, 1.165) is 5.75 Å². The van der Waals surface area contributed by atoms with E-state index in [-0.39, 0.29) is 23.8 Å². The maximum Gasteiger partial charge on any atom is 0.191 e. The lowest BCUT2D eigenvalue weighted by Crippen LogP contribution is -1.94. The van der Waals surface area contributed by atoms with Gasteiger partial charge in [0, 0.05) is 9.47 Å². The summed E-state index contributed by atoms with van der Waals surface area (Å²) < 4.78 is 9.75. The molecule has 1 aromatic carbocycles. The Hall–Kier alpha value is -0.110. The Balaban J connectivity index is 0.000001000. The molecule has 2 nitrogen and oxygen atoms in total. The molecule has 0 N–H and O–H groups in total. The molecule has 62 valence electrons. The molecule has 0 spiro atoms. The van der Waals surface area contributed by atoms with Gasteiger partial charge in [-0.05, 0) is 12.1 Å². The average molecular weight is 237 g/mol. The van der Waals surface area contributed by atoms with Crippen molar-refractivity contribution >= 4 is 26.4 Å². The third kappa shape index (κ3) is 4.35. The fraction of sp³-hybridized carbons (Fsp3) is 0.143. The summed E-state index contributed by atoms with van der Waals surface area (Å²) in [5.74, 6) is 0.824. The zero-order chi connectivity index (χ0) is 7.23. The summed E-state index contributed by atoms with van der Waals surface area (Å²) in [5.41, 5.74) is 0. The fourth-order valence-corrected chi connectivity index (χ4v) is 0.687. The van der Waals surface area contributed by atoms with E-state index in [0.29, 0.717) is 0 Å². The number of para-hydroxylation sites is 1. The van der Waals surface area contributed by atoms with Gasteiger partial charge in [0.05, 0.1) is 0 Å². The third-order valence-electron chi connectivity index (χ3n) is 1.04. The zero-order valence-corrected chi connectivity index (χ0v) is 8.76. The van der Waals surface area contributed by atoms with Crippen LogP contribution in [-0.2, 0) is 4.52 Å². The molecule has 0 aromatic heterocycles. The molecule has 0 saturated carbocycles. The highest BCUT2D eigenvalue weighted by molar-refractivity contribution is 8.93. The van der Waals surface area contributed by atoms with E-state index in [1.165, 1.54) is 0 Å². The van der Waals surface area contributed by atoms with Gasteiger partial charge in [0.15, 0.2) is 6.79 Å². The second kappa shape index (κ2) is 6.59. The number of halogens is 1. The minimum absolute atomic E-state index is 0. The van der Waals surface area contributed by atoms with Crippen molar-refractivity contribution in [2.75, 3.05) is 6.79 Å². The number of hydrogen-bond acceptors (Lipinski definition) is 2. The van der Waals surface area contributed by atoms with Gasteiger partial charge in [-0.2, -0.15) is 0 Å². The molecule has 0 aliphatic carbocycles. The van der Waals surface area contributed by atoms with Crippen LogP contribution >= 0.6 is 26.4 Å². The summed E-state index contributed by atoms with van der Waals surface area (Å²) in [6, 6.07) is 9.53. The Labute approximate surface area is 79.0 Å². The summed E-state index contributed by atoms with van der Waals surface area (Å²) in [4.78, 5) is 0. The van der Waals surface area contributed by atoms with Crippen LogP contribution in [0.4, 0.5) is 0 Å². The molecule has 0 radical (unpaired) electrons. The van der Waals surface area contributed by atoms with Gasteiger partial charge in [-0.15, -0.1) is 17.0 Å². The second-order valence-electron chi connectivity index (χ2n) is 1.74. The quantitative estimate of drug-likeness (QED) is 0.593. The van der Waals surface area contributed by atoms with E-state index in [9.17, 15) is 0 Å². The number of rotatable bonds is 3. The average Bonchev–Trinajstić information content (AvgIpc) is 2.03. The maximum atomic E-state index is 5.11. The van der Waals surface area contributed by atoms with Crippen LogP contribution in [-0.4, -0.2) is 6.79 Å². The first kappa shape index (κ1) is 10.9. The van der Waals surface area contributed by atoms with Gasteiger partial charge in [0.1, 0.15) is 5.75 Å². The summed E-state index contributed by atoms with van der Waals surface area (Å²) in [6.45, 7) is 0.272. The fourth-order valence-electron chi connectivity index (χ4n) is 0.619. The highest BCUT2D eigenvalue weighted by atomic mass is 79.9. The minimum Gasteiger partial charge on any atom is -0.467 e. The van der Waals surface area contributed by atoms with Crippen molar-refractivity contribution in [2.24, 2.45) is 0 Å². The Morgan fingerprint density at radius 3 is 2.36 bits per heavy atom. The van der Waals surface area contributed by atoms with Crippen molar-refractivity contribution in [1.82, 2.24) is 0 Å². The van der Waals surface area contributed by atoms with E-state index in [4.69, 9.17) is 4.74 Å². The lowest BCUT2D eigenvalue weighted by Gasteiger charge is -2.01. The van der Waals surface area contributed by atoms with Crippen molar-refractivity contribution in [3.05, 3.63) is 30.3 Å². The van der Waals surface area contributed by atoms with Gasteiger partial charge in [-0.25, -0.2) is 0 Å². The lowest BCUT2D eigenvalue weighted by atomic mass is 10.3. The number of hydrogen-bond donors (Lipinski definition) is 0. The second-order valence-corrected chi connectivity index (χ2v) is 2.08. The van der Waals surface area contributed by atoms with E-state index >= 15 is 0 Å². The topological polar surface area (TPSA) is 18.5 Å². The van der Waals surface area contributed by atoms with Gasteiger partial charge in [0.2, 0.25) is 0 Å². The smallest absolute Gasteiger partial charge is 0.191 e. The number of ether oxygens (including phenoxy) is 1. The van der Waals surface area contributed by atoms with Crippen molar-refractivity contribution in [1.29, 1.82) is 0 Å². The molecule has 0 bridgehead atoms. The van der Waals surface area contributed by atoms with Crippen LogP contribution in [0.3, 0.4) is 0 Å². The van der Waals surface area contributed by atoms with Crippen LogP contribution in [0.5, 0.6) is 5.75 Å². The van der Waals surface area contributed by atoms with Gasteiger partial charge >= 0.3 is 0 Å². The lowest BCUT2D eigenvalue weighted by molar-refractivity contribution is 0.141. The first-order valence-electron chi connectivity index (χ1n) is 2.93. The molecule has 4 heteroatoms. The summed E-state index contributed by atoms with van der Waals surface area (Å²) >= 11 is 0. The third-order valence-corrected chi connectivity index (χ3v) is 1.17. The molecule has 1 unspecified atom stereocenters. The normalized spacial score (nSPS) is 8.45. The standard InChI is InChI=1S/C7H9O2P.BrH/c10-9-6-8-7-4-2-1-3-5-7;/h1-5H,6,10H2;1H. The maximum absolute atomic E-state index is 5.11. The first-order valence-corrected chi connectivity index (χ1v) is 3.40. The van der Waals surface area contributed by atoms with Gasteiger partial charge in [-0.3, -0.25) is 0 Å². The molecule has 11 heavy (non-hydrogen) atoms. The van der Waals surface area contributed by atoms with Crippen LogP contribution in [0, 0.1) is 0 Å². The van der Waals surface area contributed by atoms with E-state index < -0.39 is 0 Å². The highest BCUT2D eigenvalue weighted by Gasteiger charge is 1.86. The molecular weight excluding hydrogens is 227 g/mol. The van der Waals surface area contributed by atoms with E-state index in [2.05, 4.69) is 14.0 Å². The van der Waals surface area contributed by atoms with Crippen molar-refractivity contribution < 1.29 is 9.26 Å². The molecule has 0 aliphatic heterocycles. The molecule has 1 aromatic rings. The molecule has 1 atom stereocenters. The Morgan fingerprint density at radius 1 is 1.18 bits per heavy atom. The highest BCUT2D eigenvalue weighted by Crippen LogP contribution is 2.07. The monoisotopic (exact) mass is 236 g/mol. The van der Waals surface area contributed by atoms with Crippen LogP contribution in [0.1, 0.15) is 0 Å². The van der Waals surface area contributed by atoms with Crippen LogP contribution in [0.15, 0.2) is 30.3 Å². The minimum atomic E-state index is 0. The molecule has 0 saturated heterocycles. The Kier molecular flexibility index (Phi) is 6.52. The van der Waals surface area contributed by atoms with Crippen LogP contribution in [0.25, 0.3) is 0 Å². The van der Waals surface area contributed by atoms with E-state index in [1.807, 2.05) is 30.3 Å².